The van der Waals surface area contributed by atoms with Crippen LogP contribution >= 0.6 is 0 Å². The highest BCUT2D eigenvalue weighted by atomic mass is 32.2. The lowest BCUT2D eigenvalue weighted by Crippen LogP contribution is -2.48. The van der Waals surface area contributed by atoms with Gasteiger partial charge in [0.2, 0.25) is 0 Å². The SMILES string of the molecule is O=C1N=C(c2cccnc2)N(NS(=O)(=O)c2ccccc2)C1=O. The average molecular weight is 330 g/mol. The van der Waals surface area contributed by atoms with Crippen molar-refractivity contribution in [1.29, 1.82) is 0 Å². The highest BCUT2D eigenvalue weighted by Gasteiger charge is 2.37. The van der Waals surface area contributed by atoms with E-state index in [1.54, 1.807) is 30.3 Å². The lowest BCUT2D eigenvalue weighted by atomic mass is 10.2. The first-order chi connectivity index (χ1) is 11.0. The number of hydrogen-bond acceptors (Lipinski definition) is 5. The second-order valence-electron chi connectivity index (χ2n) is 4.53. The van der Waals surface area contributed by atoms with Crippen LogP contribution < -0.4 is 4.83 Å². The Morgan fingerprint density at radius 3 is 2.39 bits per heavy atom. The summed E-state index contributed by atoms with van der Waals surface area (Å²) >= 11 is 0. The number of carbonyl (C=O) groups excluding carboxylic acids is 2. The molecular weight excluding hydrogens is 320 g/mol. The van der Waals surface area contributed by atoms with E-state index in [2.05, 4.69) is 14.8 Å². The number of amidine groups is 1. The van der Waals surface area contributed by atoms with E-state index in [1.807, 2.05) is 0 Å². The molecule has 0 saturated heterocycles. The summed E-state index contributed by atoms with van der Waals surface area (Å²) in [5.74, 6) is -2.25. The van der Waals surface area contributed by atoms with E-state index >= 15 is 0 Å². The molecule has 1 aliphatic heterocycles. The summed E-state index contributed by atoms with van der Waals surface area (Å²) in [4.78, 5) is 32.9. The van der Waals surface area contributed by atoms with Gasteiger partial charge in [-0.25, -0.2) is 13.4 Å². The first kappa shape index (κ1) is 15.0. The molecule has 2 amide bonds. The van der Waals surface area contributed by atoms with Gasteiger partial charge in [0, 0.05) is 18.0 Å². The lowest BCUT2D eigenvalue weighted by Gasteiger charge is -2.18. The Balaban J connectivity index is 1.96. The van der Waals surface area contributed by atoms with E-state index < -0.39 is 21.8 Å². The third kappa shape index (κ3) is 2.87. The summed E-state index contributed by atoms with van der Waals surface area (Å²) in [6.45, 7) is 0. The van der Waals surface area contributed by atoms with Gasteiger partial charge in [0.1, 0.15) is 0 Å². The Hall–Kier alpha value is -2.91. The van der Waals surface area contributed by atoms with Crippen molar-refractivity contribution in [1.82, 2.24) is 14.8 Å². The lowest BCUT2D eigenvalue weighted by molar-refractivity contribution is -0.140. The molecule has 2 aromatic rings. The van der Waals surface area contributed by atoms with Crippen LogP contribution in [-0.2, 0) is 19.6 Å². The highest BCUT2D eigenvalue weighted by Crippen LogP contribution is 2.14. The molecule has 1 N–H and O–H groups in total. The summed E-state index contributed by atoms with van der Waals surface area (Å²) in [5, 5.41) is 0.613. The molecule has 9 heteroatoms. The maximum atomic E-state index is 12.3. The van der Waals surface area contributed by atoms with Gasteiger partial charge in [0.25, 0.3) is 10.0 Å². The molecule has 1 aromatic carbocycles. The number of benzene rings is 1. The standard InChI is InChI=1S/C14H10N4O4S/c19-13-14(20)18(12(16-13)10-5-4-8-15-9-10)17-23(21,22)11-6-2-1-3-7-11/h1-9,17H. The Kier molecular flexibility index (Phi) is 3.72. The normalized spacial score (nSPS) is 15.0. The van der Waals surface area contributed by atoms with Gasteiger partial charge in [-0.3, -0.25) is 14.6 Å². The van der Waals surface area contributed by atoms with Crippen molar-refractivity contribution in [3.63, 3.8) is 0 Å². The Morgan fingerprint density at radius 2 is 1.74 bits per heavy atom. The average Bonchev–Trinajstić information content (AvgIpc) is 2.84. The molecule has 0 aliphatic carbocycles. The van der Waals surface area contributed by atoms with Crippen LogP contribution in [0.5, 0.6) is 0 Å². The van der Waals surface area contributed by atoms with Crippen molar-refractivity contribution < 1.29 is 18.0 Å². The van der Waals surface area contributed by atoms with Crippen molar-refractivity contribution in [2.45, 2.75) is 4.90 Å². The Bertz CT molecular complexity index is 895. The zero-order valence-electron chi connectivity index (χ0n) is 11.6. The van der Waals surface area contributed by atoms with Crippen LogP contribution in [0, 0.1) is 0 Å². The maximum Gasteiger partial charge on any atom is 0.339 e. The van der Waals surface area contributed by atoms with Crippen LogP contribution in [0.4, 0.5) is 0 Å². The molecule has 23 heavy (non-hydrogen) atoms. The number of aliphatic imine (C=N–C) groups is 1. The van der Waals surface area contributed by atoms with Gasteiger partial charge < -0.3 is 0 Å². The van der Waals surface area contributed by atoms with E-state index in [9.17, 15) is 18.0 Å². The Morgan fingerprint density at radius 1 is 1.00 bits per heavy atom. The fourth-order valence-corrected chi connectivity index (χ4v) is 2.96. The van der Waals surface area contributed by atoms with Crippen LogP contribution in [-0.4, -0.2) is 36.1 Å². The van der Waals surface area contributed by atoms with Crippen molar-refractivity contribution in [3.05, 3.63) is 60.4 Å². The van der Waals surface area contributed by atoms with Crippen molar-refractivity contribution in [2.24, 2.45) is 4.99 Å². The van der Waals surface area contributed by atoms with Crippen LogP contribution in [0.1, 0.15) is 5.56 Å². The van der Waals surface area contributed by atoms with E-state index in [0.717, 1.165) is 0 Å². The van der Waals surface area contributed by atoms with Crippen LogP contribution in [0.3, 0.4) is 0 Å². The van der Waals surface area contributed by atoms with Crippen molar-refractivity contribution in [3.8, 4) is 0 Å². The first-order valence-electron chi connectivity index (χ1n) is 6.44. The zero-order chi connectivity index (χ0) is 16.4. The second-order valence-corrected chi connectivity index (χ2v) is 6.19. The smallest absolute Gasteiger partial charge is 0.264 e. The molecule has 0 fully saturated rings. The number of hydrazine groups is 1. The fraction of sp³-hybridized carbons (Fsp3) is 0. The molecule has 0 radical (unpaired) electrons. The Labute approximate surface area is 131 Å². The summed E-state index contributed by atoms with van der Waals surface area (Å²) in [7, 11) is -4.04. The minimum Gasteiger partial charge on any atom is -0.264 e. The van der Waals surface area contributed by atoms with Crippen molar-refractivity contribution in [2.75, 3.05) is 0 Å². The number of carbonyl (C=O) groups is 2. The topological polar surface area (TPSA) is 109 Å². The molecule has 0 bridgehead atoms. The van der Waals surface area contributed by atoms with Gasteiger partial charge in [-0.1, -0.05) is 18.2 Å². The minimum absolute atomic E-state index is 0.0438. The molecule has 1 aromatic heterocycles. The molecular formula is C14H10N4O4S. The monoisotopic (exact) mass is 330 g/mol. The number of aromatic nitrogens is 1. The third-order valence-electron chi connectivity index (χ3n) is 2.99. The molecule has 116 valence electrons. The number of nitrogens with zero attached hydrogens (tertiary/aromatic N) is 3. The molecule has 0 spiro atoms. The second kappa shape index (κ2) is 5.71. The van der Waals surface area contributed by atoms with E-state index in [1.165, 1.54) is 24.5 Å². The summed E-state index contributed by atoms with van der Waals surface area (Å²) < 4.78 is 24.7. The first-order valence-corrected chi connectivity index (χ1v) is 7.92. The van der Waals surface area contributed by atoms with Crippen LogP contribution in [0.2, 0.25) is 0 Å². The third-order valence-corrected chi connectivity index (χ3v) is 4.31. The fourth-order valence-electron chi connectivity index (χ4n) is 1.93. The highest BCUT2D eigenvalue weighted by molar-refractivity contribution is 7.89. The number of sulfonamides is 1. The molecule has 3 rings (SSSR count). The molecule has 0 unspecified atom stereocenters. The quantitative estimate of drug-likeness (QED) is 0.799. The van der Waals surface area contributed by atoms with Gasteiger partial charge in [0.05, 0.1) is 4.90 Å². The van der Waals surface area contributed by atoms with Gasteiger partial charge in [-0.05, 0) is 24.3 Å². The molecule has 8 nitrogen and oxygen atoms in total. The van der Waals surface area contributed by atoms with Gasteiger partial charge in [-0.2, -0.15) is 4.99 Å². The predicted octanol–water partition coefficient (Wildman–Crippen LogP) is 0.0905. The predicted molar refractivity (Wildman–Crippen MR) is 79.4 cm³/mol. The summed E-state index contributed by atoms with van der Waals surface area (Å²) in [5.41, 5.74) is 0.336. The zero-order valence-corrected chi connectivity index (χ0v) is 12.4. The van der Waals surface area contributed by atoms with Gasteiger partial charge >= 0.3 is 11.8 Å². The molecule has 0 saturated carbocycles. The maximum absolute atomic E-state index is 12.3. The largest absolute Gasteiger partial charge is 0.339 e. The minimum atomic E-state index is -4.04. The van der Waals surface area contributed by atoms with Crippen LogP contribution in [0.15, 0.2) is 64.7 Å². The van der Waals surface area contributed by atoms with Crippen molar-refractivity contribution >= 4 is 27.7 Å². The number of hydrogen-bond donors (Lipinski definition) is 1. The molecule has 2 heterocycles. The van der Waals surface area contributed by atoms with Gasteiger partial charge in [0.15, 0.2) is 5.84 Å². The van der Waals surface area contributed by atoms with E-state index in [4.69, 9.17) is 0 Å². The van der Waals surface area contributed by atoms with Crippen LogP contribution in [0.25, 0.3) is 0 Å². The molecule has 1 aliphatic rings. The summed E-state index contributed by atoms with van der Waals surface area (Å²) in [6, 6.07) is 10.6. The number of amides is 2. The number of nitrogens with one attached hydrogen (secondary N) is 1. The van der Waals surface area contributed by atoms with E-state index in [0.29, 0.717) is 10.6 Å². The van der Waals surface area contributed by atoms with Gasteiger partial charge in [-0.15, -0.1) is 4.83 Å². The molecule has 0 atom stereocenters. The van der Waals surface area contributed by atoms with E-state index in [-0.39, 0.29) is 10.7 Å². The summed E-state index contributed by atoms with van der Waals surface area (Å²) in [6.07, 6.45) is 2.87. The number of pyridine rings is 1. The number of rotatable bonds is 4.